The van der Waals surface area contributed by atoms with Crippen LogP contribution in [0.4, 0.5) is 0 Å². The minimum Gasteiger partial charge on any atom is -0.0590 e. The van der Waals surface area contributed by atoms with Gasteiger partial charge in [0.2, 0.25) is 0 Å². The molecule has 0 amide bonds. The Labute approximate surface area is 99.1 Å². The molecular weight excluding hydrogens is 192 g/mol. The molecule has 3 rings (SSSR count). The van der Waals surface area contributed by atoms with Crippen LogP contribution in [0.2, 0.25) is 0 Å². The fraction of sp³-hybridized carbons (Fsp3) is 0.625. The zero-order chi connectivity index (χ0) is 11.2. The van der Waals surface area contributed by atoms with Crippen LogP contribution in [-0.2, 0) is 11.8 Å². The van der Waals surface area contributed by atoms with Gasteiger partial charge in [0.25, 0.3) is 0 Å². The number of fused-ring (bicyclic) bond motifs is 3. The third-order valence-electron chi connectivity index (χ3n) is 5.04. The zero-order valence-electron chi connectivity index (χ0n) is 10.6. The van der Waals surface area contributed by atoms with Crippen molar-refractivity contribution in [3.63, 3.8) is 0 Å². The van der Waals surface area contributed by atoms with Crippen LogP contribution in [0.1, 0.15) is 55.7 Å². The van der Waals surface area contributed by atoms with Crippen LogP contribution in [0.3, 0.4) is 0 Å². The molecule has 1 aromatic rings. The van der Waals surface area contributed by atoms with Crippen molar-refractivity contribution < 1.29 is 0 Å². The molecule has 1 aromatic carbocycles. The van der Waals surface area contributed by atoms with E-state index in [-0.39, 0.29) is 0 Å². The average molecular weight is 214 g/mol. The van der Waals surface area contributed by atoms with E-state index in [1.54, 1.807) is 11.1 Å². The largest absolute Gasteiger partial charge is 0.0590 e. The predicted octanol–water partition coefficient (Wildman–Crippen LogP) is 4.39. The van der Waals surface area contributed by atoms with E-state index in [1.165, 1.54) is 44.1 Å². The third kappa shape index (κ3) is 1.43. The molecule has 0 heteroatoms. The van der Waals surface area contributed by atoms with Crippen molar-refractivity contribution >= 4 is 0 Å². The first-order valence-electron chi connectivity index (χ1n) is 6.80. The van der Waals surface area contributed by atoms with Crippen molar-refractivity contribution in [2.24, 2.45) is 5.92 Å². The number of hydrogen-bond acceptors (Lipinski definition) is 0. The Morgan fingerprint density at radius 2 is 2.06 bits per heavy atom. The fourth-order valence-corrected chi connectivity index (χ4v) is 4.04. The van der Waals surface area contributed by atoms with Crippen LogP contribution < -0.4 is 0 Å². The van der Waals surface area contributed by atoms with Crippen LogP contribution in [0, 0.1) is 12.8 Å². The second-order valence-corrected chi connectivity index (χ2v) is 6.06. The van der Waals surface area contributed by atoms with Crippen LogP contribution in [0.15, 0.2) is 18.2 Å². The van der Waals surface area contributed by atoms with E-state index in [0.717, 1.165) is 5.92 Å². The molecule has 2 atom stereocenters. The van der Waals surface area contributed by atoms with Crippen LogP contribution in [0.25, 0.3) is 0 Å². The van der Waals surface area contributed by atoms with E-state index in [0.29, 0.717) is 5.41 Å². The van der Waals surface area contributed by atoms with E-state index in [4.69, 9.17) is 0 Å². The molecule has 2 aliphatic carbocycles. The molecule has 86 valence electrons. The summed E-state index contributed by atoms with van der Waals surface area (Å²) in [4.78, 5) is 0. The van der Waals surface area contributed by atoms with Crippen LogP contribution in [-0.4, -0.2) is 0 Å². The summed E-state index contributed by atoms with van der Waals surface area (Å²) < 4.78 is 0. The van der Waals surface area contributed by atoms with E-state index in [1.807, 2.05) is 0 Å². The molecule has 0 N–H and O–H groups in total. The molecular formula is C16H22. The highest BCUT2D eigenvalue weighted by molar-refractivity contribution is 5.40. The maximum absolute atomic E-state index is 2.52. The van der Waals surface area contributed by atoms with Gasteiger partial charge in [0.1, 0.15) is 0 Å². The summed E-state index contributed by atoms with van der Waals surface area (Å²) in [6.45, 7) is 4.74. The molecule has 0 heterocycles. The zero-order valence-corrected chi connectivity index (χ0v) is 10.6. The molecule has 16 heavy (non-hydrogen) atoms. The molecule has 0 nitrogen and oxygen atoms in total. The number of benzene rings is 1. The highest BCUT2D eigenvalue weighted by Gasteiger charge is 2.41. The minimum absolute atomic E-state index is 0.500. The Kier molecular flexibility index (Phi) is 2.34. The third-order valence-corrected chi connectivity index (χ3v) is 5.04. The van der Waals surface area contributed by atoms with E-state index < -0.39 is 0 Å². The maximum Gasteiger partial charge on any atom is -0.00442 e. The summed E-state index contributed by atoms with van der Waals surface area (Å²) in [5.74, 6) is 0.955. The Hall–Kier alpha value is -0.780. The standard InChI is InChI=1S/C16H22/c1-12-6-9-15-13(11-12)7-8-14-5-3-4-10-16(14,15)2/h6,9,11,14H,3-5,7-8,10H2,1-2H3. The van der Waals surface area contributed by atoms with Gasteiger partial charge in [-0.3, -0.25) is 0 Å². The fourth-order valence-electron chi connectivity index (χ4n) is 4.04. The highest BCUT2D eigenvalue weighted by Crippen LogP contribution is 2.49. The lowest BCUT2D eigenvalue weighted by Crippen LogP contribution is -2.39. The van der Waals surface area contributed by atoms with Crippen molar-refractivity contribution in [3.8, 4) is 0 Å². The number of aryl methyl sites for hydroxylation is 2. The molecule has 0 saturated heterocycles. The normalized spacial score (nSPS) is 33.0. The lowest BCUT2D eigenvalue weighted by atomic mass is 9.58. The van der Waals surface area contributed by atoms with Crippen molar-refractivity contribution in [1.82, 2.24) is 0 Å². The van der Waals surface area contributed by atoms with Gasteiger partial charge in [0, 0.05) is 0 Å². The van der Waals surface area contributed by atoms with Gasteiger partial charge in [-0.1, -0.05) is 43.5 Å². The Bertz CT molecular complexity index is 404. The monoisotopic (exact) mass is 214 g/mol. The van der Waals surface area contributed by atoms with Crippen molar-refractivity contribution in [2.45, 2.75) is 57.8 Å². The van der Waals surface area contributed by atoms with Crippen molar-refractivity contribution in [1.29, 1.82) is 0 Å². The van der Waals surface area contributed by atoms with E-state index in [9.17, 15) is 0 Å². The SMILES string of the molecule is Cc1ccc2c(c1)CCC1CCCCC21C. The molecule has 2 aliphatic rings. The van der Waals surface area contributed by atoms with Crippen molar-refractivity contribution in [3.05, 3.63) is 34.9 Å². The summed E-state index contributed by atoms with van der Waals surface area (Å²) in [6, 6.07) is 7.15. The van der Waals surface area contributed by atoms with Crippen molar-refractivity contribution in [2.75, 3.05) is 0 Å². The molecule has 0 aromatic heterocycles. The van der Waals surface area contributed by atoms with Gasteiger partial charge in [-0.15, -0.1) is 0 Å². The topological polar surface area (TPSA) is 0 Å². The van der Waals surface area contributed by atoms with Crippen LogP contribution in [0.5, 0.6) is 0 Å². The number of rotatable bonds is 0. The lowest BCUT2D eigenvalue weighted by molar-refractivity contribution is 0.178. The molecule has 0 spiro atoms. The average Bonchev–Trinajstić information content (AvgIpc) is 2.28. The van der Waals surface area contributed by atoms with E-state index >= 15 is 0 Å². The lowest BCUT2D eigenvalue weighted by Gasteiger charge is -2.46. The van der Waals surface area contributed by atoms with Gasteiger partial charge in [-0.05, 0) is 55.1 Å². The van der Waals surface area contributed by atoms with Crippen LogP contribution >= 0.6 is 0 Å². The second kappa shape index (κ2) is 3.61. The first-order chi connectivity index (χ1) is 7.70. The molecule has 0 bridgehead atoms. The Balaban J connectivity index is 2.09. The molecule has 0 radical (unpaired) electrons. The first-order valence-corrected chi connectivity index (χ1v) is 6.80. The van der Waals surface area contributed by atoms with Gasteiger partial charge in [-0.25, -0.2) is 0 Å². The number of hydrogen-bond donors (Lipinski definition) is 0. The summed E-state index contributed by atoms with van der Waals surface area (Å²) in [5.41, 5.74) is 5.24. The smallest absolute Gasteiger partial charge is 0.00442 e. The van der Waals surface area contributed by atoms with E-state index in [2.05, 4.69) is 32.0 Å². The second-order valence-electron chi connectivity index (χ2n) is 6.06. The molecule has 0 aliphatic heterocycles. The Morgan fingerprint density at radius 3 is 2.94 bits per heavy atom. The quantitative estimate of drug-likeness (QED) is 0.601. The summed E-state index contributed by atoms with van der Waals surface area (Å²) in [6.07, 6.45) is 8.50. The van der Waals surface area contributed by atoms with Gasteiger partial charge < -0.3 is 0 Å². The van der Waals surface area contributed by atoms with Gasteiger partial charge in [0.15, 0.2) is 0 Å². The summed E-state index contributed by atoms with van der Waals surface area (Å²) >= 11 is 0. The molecule has 1 saturated carbocycles. The Morgan fingerprint density at radius 1 is 1.19 bits per heavy atom. The molecule has 1 fully saturated rings. The van der Waals surface area contributed by atoms with Gasteiger partial charge in [-0.2, -0.15) is 0 Å². The highest BCUT2D eigenvalue weighted by atomic mass is 14.5. The summed E-state index contributed by atoms with van der Waals surface area (Å²) in [5, 5.41) is 0. The summed E-state index contributed by atoms with van der Waals surface area (Å²) in [7, 11) is 0. The maximum atomic E-state index is 2.52. The van der Waals surface area contributed by atoms with Gasteiger partial charge >= 0.3 is 0 Å². The first kappa shape index (κ1) is 10.4. The molecule has 2 unspecified atom stereocenters. The minimum atomic E-state index is 0.500. The predicted molar refractivity (Wildman–Crippen MR) is 68.8 cm³/mol. The van der Waals surface area contributed by atoms with Gasteiger partial charge in [0.05, 0.1) is 0 Å².